The fraction of sp³-hybridized carbons (Fsp3) is 0.100. The third-order valence-electron chi connectivity index (χ3n) is 1.70. The van der Waals surface area contributed by atoms with E-state index in [1.165, 1.54) is 6.07 Å². The lowest BCUT2D eigenvalue weighted by atomic mass is 10.0. The monoisotopic (exact) mass is 176 g/mol. The van der Waals surface area contributed by atoms with Gasteiger partial charge >= 0.3 is 0 Å². The molecule has 0 amide bonds. The summed E-state index contributed by atoms with van der Waals surface area (Å²) in [5.41, 5.74) is 6.21. The number of benzene rings is 1. The highest BCUT2D eigenvalue weighted by Gasteiger charge is 2.07. The number of nitrogens with zero attached hydrogens (tertiary/aromatic N) is 1. The summed E-state index contributed by atoms with van der Waals surface area (Å²) in [4.78, 5) is 0. The number of anilines is 1. The van der Waals surface area contributed by atoms with Gasteiger partial charge in [-0.2, -0.15) is 5.26 Å². The molecule has 0 unspecified atom stereocenters. The summed E-state index contributed by atoms with van der Waals surface area (Å²) < 4.78 is 13.3. The van der Waals surface area contributed by atoms with Crippen molar-refractivity contribution in [1.29, 1.82) is 5.26 Å². The number of hydrogen-bond acceptors (Lipinski definition) is 2. The number of nitrogens with two attached hydrogens (primary N) is 1. The van der Waals surface area contributed by atoms with Crippen LogP contribution in [-0.2, 0) is 0 Å². The van der Waals surface area contributed by atoms with Crippen LogP contribution in [0, 0.1) is 17.1 Å². The van der Waals surface area contributed by atoms with E-state index in [0.29, 0.717) is 11.1 Å². The fourth-order valence-electron chi connectivity index (χ4n) is 1.01. The van der Waals surface area contributed by atoms with E-state index in [9.17, 15) is 4.39 Å². The van der Waals surface area contributed by atoms with Gasteiger partial charge in [0.2, 0.25) is 0 Å². The molecule has 0 aliphatic rings. The Morgan fingerprint density at radius 3 is 2.92 bits per heavy atom. The topological polar surface area (TPSA) is 49.8 Å². The third kappa shape index (κ3) is 1.85. The summed E-state index contributed by atoms with van der Waals surface area (Å²) in [5, 5.41) is 8.39. The van der Waals surface area contributed by atoms with Crippen molar-refractivity contribution in [1.82, 2.24) is 0 Å². The fourth-order valence-corrected chi connectivity index (χ4v) is 1.01. The maximum Gasteiger partial charge on any atom is 0.153 e. The Bertz CT molecular complexity index is 377. The van der Waals surface area contributed by atoms with Crippen LogP contribution >= 0.6 is 0 Å². The van der Waals surface area contributed by atoms with E-state index < -0.39 is 5.82 Å². The van der Waals surface area contributed by atoms with Crippen molar-refractivity contribution in [2.24, 2.45) is 0 Å². The van der Waals surface area contributed by atoms with E-state index in [-0.39, 0.29) is 12.1 Å². The molecule has 0 heterocycles. The lowest BCUT2D eigenvalue weighted by Gasteiger charge is -2.04. The Kier molecular flexibility index (Phi) is 2.65. The normalized spacial score (nSPS) is 9.23. The number of nitriles is 1. The molecule has 0 fully saturated rings. The highest BCUT2D eigenvalue weighted by Crippen LogP contribution is 2.22. The first-order chi connectivity index (χ1) is 6.16. The summed E-state index contributed by atoms with van der Waals surface area (Å²) in [6.07, 6.45) is 0.111. The van der Waals surface area contributed by atoms with Gasteiger partial charge in [-0.3, -0.25) is 0 Å². The highest BCUT2D eigenvalue weighted by molar-refractivity contribution is 5.68. The van der Waals surface area contributed by atoms with Gasteiger partial charge in [0, 0.05) is 5.56 Å². The molecule has 66 valence electrons. The largest absolute Gasteiger partial charge is 0.396 e. The zero-order valence-corrected chi connectivity index (χ0v) is 7.05. The summed E-state index contributed by atoms with van der Waals surface area (Å²) in [6, 6.07) is 6.57. The van der Waals surface area contributed by atoms with Crippen molar-refractivity contribution in [2.75, 3.05) is 5.73 Å². The minimum Gasteiger partial charge on any atom is -0.396 e. The summed E-state index contributed by atoms with van der Waals surface area (Å²) >= 11 is 0. The average molecular weight is 176 g/mol. The zero-order chi connectivity index (χ0) is 9.84. The van der Waals surface area contributed by atoms with Crippen molar-refractivity contribution in [3.63, 3.8) is 0 Å². The van der Waals surface area contributed by atoms with Crippen LogP contribution in [0.5, 0.6) is 0 Å². The number of allylic oxidation sites excluding steroid dienone is 1. The van der Waals surface area contributed by atoms with Gasteiger partial charge in [0.1, 0.15) is 0 Å². The second-order valence-electron chi connectivity index (χ2n) is 2.65. The van der Waals surface area contributed by atoms with Gasteiger partial charge in [0.05, 0.1) is 18.2 Å². The number of rotatable bonds is 2. The molecule has 0 spiro atoms. The van der Waals surface area contributed by atoms with Crippen LogP contribution in [0.3, 0.4) is 0 Å². The molecule has 0 saturated heterocycles. The first-order valence-electron chi connectivity index (χ1n) is 3.76. The van der Waals surface area contributed by atoms with Gasteiger partial charge in [-0.25, -0.2) is 4.39 Å². The molecule has 13 heavy (non-hydrogen) atoms. The molecule has 1 rings (SSSR count). The summed E-state index contributed by atoms with van der Waals surface area (Å²) in [5.74, 6) is -0.497. The van der Waals surface area contributed by atoms with Gasteiger partial charge < -0.3 is 5.73 Å². The molecule has 1 aromatic rings. The van der Waals surface area contributed by atoms with Gasteiger partial charge in [0.25, 0.3) is 0 Å². The van der Waals surface area contributed by atoms with Crippen molar-refractivity contribution in [3.8, 4) is 6.07 Å². The van der Waals surface area contributed by atoms with Gasteiger partial charge in [-0.05, 0) is 11.6 Å². The molecule has 2 nitrogen and oxygen atoms in total. The van der Waals surface area contributed by atoms with Gasteiger partial charge in [0.15, 0.2) is 5.82 Å². The Labute approximate surface area is 76.1 Å². The molecule has 0 atom stereocenters. The second-order valence-corrected chi connectivity index (χ2v) is 2.65. The van der Waals surface area contributed by atoms with E-state index in [1.807, 2.05) is 6.07 Å². The van der Waals surface area contributed by atoms with Crippen LogP contribution in [0.15, 0.2) is 24.8 Å². The number of nitrogen functional groups attached to an aromatic ring is 1. The molecule has 0 aliphatic carbocycles. The van der Waals surface area contributed by atoms with Crippen molar-refractivity contribution >= 4 is 11.3 Å². The van der Waals surface area contributed by atoms with Crippen molar-refractivity contribution < 1.29 is 4.39 Å². The SMILES string of the molecule is C=C(CC#N)c1cccc(N)c1F. The highest BCUT2D eigenvalue weighted by atomic mass is 19.1. The van der Waals surface area contributed by atoms with E-state index in [0.717, 1.165) is 0 Å². The van der Waals surface area contributed by atoms with E-state index in [1.54, 1.807) is 12.1 Å². The van der Waals surface area contributed by atoms with Crippen molar-refractivity contribution in [3.05, 3.63) is 36.2 Å². The first-order valence-corrected chi connectivity index (χ1v) is 3.76. The minimum absolute atomic E-state index is 0.0802. The molecular weight excluding hydrogens is 167 g/mol. The third-order valence-corrected chi connectivity index (χ3v) is 1.70. The molecule has 2 N–H and O–H groups in total. The van der Waals surface area contributed by atoms with Crippen LogP contribution in [0.2, 0.25) is 0 Å². The smallest absolute Gasteiger partial charge is 0.153 e. The molecule has 0 saturated carbocycles. The minimum atomic E-state index is -0.497. The van der Waals surface area contributed by atoms with Crippen LogP contribution in [0.25, 0.3) is 5.57 Å². The maximum atomic E-state index is 13.3. The number of halogens is 1. The van der Waals surface area contributed by atoms with E-state index >= 15 is 0 Å². The predicted molar refractivity (Wildman–Crippen MR) is 50.1 cm³/mol. The summed E-state index contributed by atoms with van der Waals surface area (Å²) in [7, 11) is 0. The molecule has 3 heteroatoms. The van der Waals surface area contributed by atoms with Crippen LogP contribution in [0.1, 0.15) is 12.0 Å². The Morgan fingerprint density at radius 1 is 1.62 bits per heavy atom. The molecule has 0 bridgehead atoms. The Hall–Kier alpha value is -1.82. The van der Waals surface area contributed by atoms with Crippen molar-refractivity contribution in [2.45, 2.75) is 6.42 Å². The Morgan fingerprint density at radius 2 is 2.31 bits per heavy atom. The van der Waals surface area contributed by atoms with Crippen LogP contribution in [0.4, 0.5) is 10.1 Å². The first kappa shape index (κ1) is 9.27. The summed E-state index contributed by atoms with van der Waals surface area (Å²) in [6.45, 7) is 3.60. The van der Waals surface area contributed by atoms with Gasteiger partial charge in [-0.1, -0.05) is 18.7 Å². The maximum absolute atomic E-state index is 13.3. The Balaban J connectivity index is 3.09. The number of hydrogen-bond donors (Lipinski definition) is 1. The molecular formula is C10H9FN2. The lowest BCUT2D eigenvalue weighted by molar-refractivity contribution is 0.628. The van der Waals surface area contributed by atoms with E-state index in [4.69, 9.17) is 11.0 Å². The average Bonchev–Trinajstić information content (AvgIpc) is 2.10. The zero-order valence-electron chi connectivity index (χ0n) is 7.05. The molecule has 0 aromatic heterocycles. The van der Waals surface area contributed by atoms with Crippen LogP contribution in [-0.4, -0.2) is 0 Å². The standard InChI is InChI=1S/C10H9FN2/c1-7(5-6-12)8-3-2-4-9(13)10(8)11/h2-4H,1,5,13H2. The molecule has 0 radical (unpaired) electrons. The van der Waals surface area contributed by atoms with Gasteiger partial charge in [-0.15, -0.1) is 0 Å². The molecule has 1 aromatic carbocycles. The quantitative estimate of drug-likeness (QED) is 0.703. The lowest BCUT2D eigenvalue weighted by Crippen LogP contribution is -1.95. The molecule has 0 aliphatic heterocycles. The predicted octanol–water partition coefficient (Wildman–Crippen LogP) is 2.33. The second kappa shape index (κ2) is 3.72. The van der Waals surface area contributed by atoms with Crippen LogP contribution < -0.4 is 5.73 Å². The van der Waals surface area contributed by atoms with E-state index in [2.05, 4.69) is 6.58 Å².